The smallest absolute Gasteiger partial charge is 0.217 e. The maximum atomic E-state index is 10.7. The number of carbonyl (C=O) groups is 1. The van der Waals surface area contributed by atoms with Gasteiger partial charge in [-0.25, -0.2) is 0 Å². The molecule has 0 heterocycles. The van der Waals surface area contributed by atoms with Crippen LogP contribution in [0.25, 0.3) is 0 Å². The summed E-state index contributed by atoms with van der Waals surface area (Å²) < 4.78 is 0. The van der Waals surface area contributed by atoms with Gasteiger partial charge in [0.25, 0.3) is 0 Å². The maximum Gasteiger partial charge on any atom is 0.217 e. The quantitative estimate of drug-likeness (QED) is 0.0606. The normalized spacial score (nSPS) is 11.6. The number of rotatable bonds is 35. The Morgan fingerprint density at radius 2 is 0.600 bits per heavy atom. The number of hydrogen-bond acceptors (Lipinski definition) is 1. The predicted octanol–water partition coefficient (Wildman–Crippen LogP) is 13.3. The number of primary amides is 1. The topological polar surface area (TPSA) is 43.1 Å². The SMILES string of the molecule is CCCCCCCCCCCCCCCCCCCCCCCCCCCC/C=C\CCCCCCCC(N)=O. The van der Waals surface area contributed by atoms with Crippen LogP contribution in [-0.2, 0) is 4.79 Å². The number of unbranched alkanes of at least 4 members (excludes halogenated alkanes) is 31. The third kappa shape index (κ3) is 37.2. The second kappa shape index (κ2) is 36.2. The Kier molecular flexibility index (Phi) is 35.5. The van der Waals surface area contributed by atoms with Crippen LogP contribution in [0.1, 0.15) is 225 Å². The molecule has 0 fully saturated rings. The van der Waals surface area contributed by atoms with E-state index in [4.69, 9.17) is 5.73 Å². The summed E-state index contributed by atoms with van der Waals surface area (Å²) in [5.74, 6) is -0.158. The zero-order chi connectivity index (χ0) is 29.0. The number of hydrogen-bond donors (Lipinski definition) is 1. The van der Waals surface area contributed by atoms with Gasteiger partial charge in [-0.15, -0.1) is 0 Å². The van der Waals surface area contributed by atoms with Crippen LogP contribution in [0.5, 0.6) is 0 Å². The molecule has 238 valence electrons. The Bertz CT molecular complexity index is 500. The first-order valence-corrected chi connectivity index (χ1v) is 18.7. The minimum atomic E-state index is -0.158. The molecular formula is C38H75NO. The predicted molar refractivity (Wildman–Crippen MR) is 181 cm³/mol. The van der Waals surface area contributed by atoms with Gasteiger partial charge < -0.3 is 5.73 Å². The first-order valence-electron chi connectivity index (χ1n) is 18.7. The molecule has 0 radical (unpaired) electrons. The van der Waals surface area contributed by atoms with Crippen molar-refractivity contribution < 1.29 is 4.79 Å². The Hall–Kier alpha value is -0.790. The number of carbonyl (C=O) groups excluding carboxylic acids is 1. The van der Waals surface area contributed by atoms with Crippen molar-refractivity contribution in [2.75, 3.05) is 0 Å². The van der Waals surface area contributed by atoms with Gasteiger partial charge in [-0.3, -0.25) is 4.79 Å². The van der Waals surface area contributed by atoms with E-state index >= 15 is 0 Å². The highest BCUT2D eigenvalue weighted by Crippen LogP contribution is 2.16. The van der Waals surface area contributed by atoms with Gasteiger partial charge in [0.05, 0.1) is 0 Å². The van der Waals surface area contributed by atoms with E-state index in [0.717, 1.165) is 12.8 Å². The molecule has 0 aromatic carbocycles. The average molecular weight is 562 g/mol. The summed E-state index contributed by atoms with van der Waals surface area (Å²) in [6, 6.07) is 0. The lowest BCUT2D eigenvalue weighted by molar-refractivity contribution is -0.118. The van der Waals surface area contributed by atoms with E-state index in [1.807, 2.05) is 0 Å². The van der Waals surface area contributed by atoms with E-state index in [0.29, 0.717) is 6.42 Å². The van der Waals surface area contributed by atoms with Crippen molar-refractivity contribution in [1.82, 2.24) is 0 Å². The van der Waals surface area contributed by atoms with E-state index in [9.17, 15) is 4.79 Å². The summed E-state index contributed by atoms with van der Waals surface area (Å²) in [4.78, 5) is 10.7. The van der Waals surface area contributed by atoms with Crippen molar-refractivity contribution in [1.29, 1.82) is 0 Å². The Morgan fingerprint density at radius 1 is 0.375 bits per heavy atom. The highest BCUT2D eigenvalue weighted by molar-refractivity contribution is 5.73. The van der Waals surface area contributed by atoms with Crippen LogP contribution in [0.3, 0.4) is 0 Å². The Balaban J connectivity index is 3.07. The van der Waals surface area contributed by atoms with Crippen molar-refractivity contribution in [3.05, 3.63) is 12.2 Å². The van der Waals surface area contributed by atoms with Crippen molar-refractivity contribution in [3.8, 4) is 0 Å². The third-order valence-electron chi connectivity index (χ3n) is 8.68. The summed E-state index contributed by atoms with van der Waals surface area (Å²) >= 11 is 0. The second-order valence-corrected chi connectivity index (χ2v) is 12.9. The molecule has 0 spiro atoms. The van der Waals surface area contributed by atoms with Crippen LogP contribution >= 0.6 is 0 Å². The number of nitrogens with two attached hydrogens (primary N) is 1. The van der Waals surface area contributed by atoms with Gasteiger partial charge in [-0.2, -0.15) is 0 Å². The standard InChI is InChI=1S/C38H75NO/c1-2-3-4-5-6-7-8-9-10-11-12-13-14-15-16-17-18-19-20-21-22-23-24-25-26-27-28-29-30-31-32-33-34-35-36-37-38(39)40/h29-30H,2-28,31-37H2,1H3,(H2,39,40)/b30-29-. The molecule has 0 saturated heterocycles. The fourth-order valence-corrected chi connectivity index (χ4v) is 5.91. The maximum absolute atomic E-state index is 10.7. The number of amides is 1. The molecule has 0 rings (SSSR count). The second-order valence-electron chi connectivity index (χ2n) is 12.9. The van der Waals surface area contributed by atoms with Crippen LogP contribution < -0.4 is 5.73 Å². The minimum Gasteiger partial charge on any atom is -0.370 e. The monoisotopic (exact) mass is 562 g/mol. The molecule has 0 aliphatic carbocycles. The van der Waals surface area contributed by atoms with E-state index in [2.05, 4.69) is 19.1 Å². The Morgan fingerprint density at radius 3 is 0.850 bits per heavy atom. The van der Waals surface area contributed by atoms with E-state index in [1.165, 1.54) is 199 Å². The van der Waals surface area contributed by atoms with E-state index < -0.39 is 0 Å². The largest absolute Gasteiger partial charge is 0.370 e. The molecular weight excluding hydrogens is 486 g/mol. The van der Waals surface area contributed by atoms with Gasteiger partial charge in [-0.05, 0) is 32.1 Å². The molecule has 0 aromatic heterocycles. The molecule has 2 nitrogen and oxygen atoms in total. The lowest BCUT2D eigenvalue weighted by Crippen LogP contribution is -2.09. The zero-order valence-corrected chi connectivity index (χ0v) is 27.7. The highest BCUT2D eigenvalue weighted by atomic mass is 16.1. The van der Waals surface area contributed by atoms with Gasteiger partial charge in [0.2, 0.25) is 5.91 Å². The summed E-state index contributed by atoms with van der Waals surface area (Å²) in [7, 11) is 0. The fraction of sp³-hybridized carbons (Fsp3) is 0.921. The molecule has 0 bridgehead atoms. The van der Waals surface area contributed by atoms with Crippen molar-refractivity contribution >= 4 is 5.91 Å². The lowest BCUT2D eigenvalue weighted by Gasteiger charge is -2.04. The summed E-state index contributed by atoms with van der Waals surface area (Å²) in [5.41, 5.74) is 5.16. The molecule has 40 heavy (non-hydrogen) atoms. The molecule has 0 aromatic rings. The van der Waals surface area contributed by atoms with Gasteiger partial charge in [-0.1, -0.05) is 199 Å². The Labute approximate surface area is 253 Å². The van der Waals surface area contributed by atoms with Gasteiger partial charge in [0.1, 0.15) is 0 Å². The first kappa shape index (κ1) is 39.2. The highest BCUT2D eigenvalue weighted by Gasteiger charge is 1.97. The molecule has 0 atom stereocenters. The zero-order valence-electron chi connectivity index (χ0n) is 27.7. The van der Waals surface area contributed by atoms with Crippen molar-refractivity contribution in [2.45, 2.75) is 225 Å². The van der Waals surface area contributed by atoms with Crippen LogP contribution in [-0.4, -0.2) is 5.91 Å². The first-order chi connectivity index (χ1) is 19.8. The summed E-state index contributed by atoms with van der Waals surface area (Å²) in [6.07, 6.45) is 51.7. The molecule has 0 unspecified atom stereocenters. The third-order valence-corrected chi connectivity index (χ3v) is 8.68. The molecule has 0 aliphatic rings. The lowest BCUT2D eigenvalue weighted by atomic mass is 10.0. The van der Waals surface area contributed by atoms with Crippen molar-refractivity contribution in [2.24, 2.45) is 5.73 Å². The summed E-state index contributed by atoms with van der Waals surface area (Å²) in [5, 5.41) is 0. The van der Waals surface area contributed by atoms with Gasteiger partial charge >= 0.3 is 0 Å². The van der Waals surface area contributed by atoms with Crippen LogP contribution in [0, 0.1) is 0 Å². The van der Waals surface area contributed by atoms with Crippen LogP contribution in [0.2, 0.25) is 0 Å². The minimum absolute atomic E-state index is 0.158. The fourth-order valence-electron chi connectivity index (χ4n) is 5.91. The van der Waals surface area contributed by atoms with Crippen molar-refractivity contribution in [3.63, 3.8) is 0 Å². The molecule has 2 N–H and O–H groups in total. The van der Waals surface area contributed by atoms with Crippen LogP contribution in [0.4, 0.5) is 0 Å². The van der Waals surface area contributed by atoms with E-state index in [-0.39, 0.29) is 5.91 Å². The van der Waals surface area contributed by atoms with E-state index in [1.54, 1.807) is 0 Å². The molecule has 0 saturated carbocycles. The number of allylic oxidation sites excluding steroid dienone is 2. The summed E-state index contributed by atoms with van der Waals surface area (Å²) in [6.45, 7) is 2.30. The molecule has 1 amide bonds. The van der Waals surface area contributed by atoms with Gasteiger partial charge in [0, 0.05) is 6.42 Å². The van der Waals surface area contributed by atoms with Crippen LogP contribution in [0.15, 0.2) is 12.2 Å². The van der Waals surface area contributed by atoms with Gasteiger partial charge in [0.15, 0.2) is 0 Å². The average Bonchev–Trinajstić information content (AvgIpc) is 2.95. The molecule has 2 heteroatoms. The molecule has 0 aliphatic heterocycles.